The summed E-state index contributed by atoms with van der Waals surface area (Å²) in [5, 5.41) is 4.18. The Morgan fingerprint density at radius 3 is 2.41 bits per heavy atom. The Morgan fingerprint density at radius 2 is 1.79 bits per heavy atom. The quantitative estimate of drug-likeness (QED) is 0.591. The maximum absolute atomic E-state index is 13.0. The molecule has 1 saturated heterocycles. The number of aryl methyl sites for hydroxylation is 1. The Bertz CT molecular complexity index is 1060. The second kappa shape index (κ2) is 7.29. The zero-order chi connectivity index (χ0) is 20.8. The van der Waals surface area contributed by atoms with Gasteiger partial charge in [-0.25, -0.2) is 4.98 Å². The van der Waals surface area contributed by atoms with E-state index in [0.717, 1.165) is 4.52 Å². The van der Waals surface area contributed by atoms with Crippen molar-refractivity contribution in [2.45, 2.75) is 25.9 Å². The van der Waals surface area contributed by atoms with Gasteiger partial charge in [-0.3, -0.25) is 4.79 Å². The first-order chi connectivity index (χ1) is 13.7. The number of anilines is 1. The fourth-order valence-electron chi connectivity index (χ4n) is 3.53. The van der Waals surface area contributed by atoms with Crippen LogP contribution in [-0.4, -0.2) is 38.5 Å². The molecule has 0 unspecified atom stereocenters. The first-order valence-corrected chi connectivity index (χ1v) is 9.46. The molecule has 3 heterocycles. The molecule has 1 aromatic carbocycles. The molecule has 1 aliphatic heterocycles. The molecule has 0 spiro atoms. The number of carbonyl (C=O) groups is 1. The van der Waals surface area contributed by atoms with E-state index in [0.29, 0.717) is 48.0 Å². The van der Waals surface area contributed by atoms with E-state index in [9.17, 15) is 18.0 Å². The number of aromatic nitrogens is 4. The van der Waals surface area contributed by atoms with Crippen molar-refractivity contribution in [1.82, 2.24) is 19.6 Å². The highest BCUT2D eigenvalue weighted by Crippen LogP contribution is 2.30. The molecule has 0 N–H and O–H groups in total. The summed E-state index contributed by atoms with van der Waals surface area (Å²) in [6.45, 7) is 2.73. The minimum absolute atomic E-state index is 0.0532. The molecule has 4 rings (SSSR count). The number of rotatable bonds is 3. The Hall–Kier alpha value is -2.68. The van der Waals surface area contributed by atoms with E-state index in [-0.39, 0.29) is 17.5 Å². The Balaban J connectivity index is 1.55. The first-order valence-electron chi connectivity index (χ1n) is 9.09. The predicted octanol–water partition coefficient (Wildman–Crippen LogP) is 4.20. The molecule has 0 amide bonds. The van der Waals surface area contributed by atoms with Crippen LogP contribution in [0.15, 0.2) is 30.3 Å². The number of carbonyl (C=O) groups excluding carboxylic acids is 1. The van der Waals surface area contributed by atoms with E-state index in [4.69, 9.17) is 11.6 Å². The van der Waals surface area contributed by atoms with E-state index < -0.39 is 12.0 Å². The van der Waals surface area contributed by atoms with Gasteiger partial charge in [0.25, 0.3) is 11.6 Å². The third-order valence-corrected chi connectivity index (χ3v) is 5.25. The number of ketones is 1. The molecule has 0 atom stereocenters. The summed E-state index contributed by atoms with van der Waals surface area (Å²) in [5.74, 6) is -0.908. The van der Waals surface area contributed by atoms with Gasteiger partial charge in [-0.05, 0) is 44.0 Å². The number of hydrogen-bond donors (Lipinski definition) is 0. The highest BCUT2D eigenvalue weighted by molar-refractivity contribution is 6.30. The number of alkyl halides is 3. The normalized spacial score (nSPS) is 15.8. The summed E-state index contributed by atoms with van der Waals surface area (Å²) in [4.78, 5) is 22.2. The maximum atomic E-state index is 13.0. The van der Waals surface area contributed by atoms with Crippen LogP contribution in [0, 0.1) is 12.8 Å². The molecule has 0 aliphatic carbocycles. The van der Waals surface area contributed by atoms with Crippen molar-refractivity contribution in [3.05, 3.63) is 52.4 Å². The van der Waals surface area contributed by atoms with Crippen LogP contribution >= 0.6 is 11.6 Å². The van der Waals surface area contributed by atoms with Gasteiger partial charge >= 0.3 is 6.18 Å². The van der Waals surface area contributed by atoms with Crippen LogP contribution in [0.25, 0.3) is 5.78 Å². The first kappa shape index (κ1) is 19.6. The fourth-order valence-corrected chi connectivity index (χ4v) is 3.66. The highest BCUT2D eigenvalue weighted by Gasteiger charge is 2.37. The number of piperidine rings is 1. The van der Waals surface area contributed by atoms with Crippen molar-refractivity contribution in [1.29, 1.82) is 0 Å². The molecule has 0 radical (unpaired) electrons. The molecule has 2 aromatic heterocycles. The lowest BCUT2D eigenvalue weighted by atomic mass is 9.89. The van der Waals surface area contributed by atoms with Crippen LogP contribution in [-0.2, 0) is 6.18 Å². The highest BCUT2D eigenvalue weighted by atomic mass is 35.5. The Labute approximate surface area is 169 Å². The average molecular weight is 424 g/mol. The average Bonchev–Trinajstić information content (AvgIpc) is 3.12. The van der Waals surface area contributed by atoms with Crippen LogP contribution in [0.5, 0.6) is 0 Å². The van der Waals surface area contributed by atoms with Gasteiger partial charge in [-0.1, -0.05) is 11.6 Å². The largest absolute Gasteiger partial charge is 0.453 e. The van der Waals surface area contributed by atoms with Crippen LogP contribution in [0.1, 0.15) is 34.7 Å². The zero-order valence-corrected chi connectivity index (χ0v) is 16.2. The van der Waals surface area contributed by atoms with E-state index in [1.165, 1.54) is 0 Å². The lowest BCUT2D eigenvalue weighted by Gasteiger charge is -2.32. The maximum Gasteiger partial charge on any atom is 0.453 e. The number of nitrogens with zero attached hydrogens (tertiary/aromatic N) is 5. The molecular weight excluding hydrogens is 407 g/mol. The summed E-state index contributed by atoms with van der Waals surface area (Å²) >= 11 is 5.87. The van der Waals surface area contributed by atoms with Crippen molar-refractivity contribution in [3.8, 4) is 0 Å². The van der Waals surface area contributed by atoms with E-state index in [1.54, 1.807) is 37.3 Å². The summed E-state index contributed by atoms with van der Waals surface area (Å²) in [5.41, 5.74) is 1.16. The molecule has 0 bridgehead atoms. The third kappa shape index (κ3) is 3.91. The lowest BCUT2D eigenvalue weighted by Crippen LogP contribution is -2.37. The molecule has 1 aliphatic rings. The minimum atomic E-state index is -4.64. The molecule has 29 heavy (non-hydrogen) atoms. The zero-order valence-electron chi connectivity index (χ0n) is 15.4. The van der Waals surface area contributed by atoms with Crippen molar-refractivity contribution >= 4 is 29.0 Å². The predicted molar refractivity (Wildman–Crippen MR) is 101 cm³/mol. The van der Waals surface area contributed by atoms with Crippen LogP contribution in [0.4, 0.5) is 19.0 Å². The molecule has 0 saturated carbocycles. The van der Waals surface area contributed by atoms with Gasteiger partial charge in [0.05, 0.1) is 0 Å². The summed E-state index contributed by atoms with van der Waals surface area (Å²) < 4.78 is 40.1. The number of fused-ring (bicyclic) bond motifs is 1. The van der Waals surface area contributed by atoms with Crippen molar-refractivity contribution in [2.24, 2.45) is 5.92 Å². The Morgan fingerprint density at radius 1 is 1.14 bits per heavy atom. The number of halogens is 4. The second-order valence-corrected chi connectivity index (χ2v) is 7.47. The summed E-state index contributed by atoms with van der Waals surface area (Å²) in [7, 11) is 0. The van der Waals surface area contributed by atoms with Crippen molar-refractivity contribution in [2.75, 3.05) is 18.0 Å². The van der Waals surface area contributed by atoms with Crippen LogP contribution < -0.4 is 4.90 Å². The van der Waals surface area contributed by atoms with E-state index in [1.807, 2.05) is 4.90 Å². The molecule has 10 heteroatoms. The smallest absolute Gasteiger partial charge is 0.356 e. The van der Waals surface area contributed by atoms with Gasteiger partial charge in [-0.15, -0.1) is 5.10 Å². The number of benzene rings is 1. The van der Waals surface area contributed by atoms with Crippen LogP contribution in [0.2, 0.25) is 5.02 Å². The van der Waals surface area contributed by atoms with Crippen LogP contribution in [0.3, 0.4) is 0 Å². The minimum Gasteiger partial charge on any atom is -0.356 e. The van der Waals surface area contributed by atoms with Gasteiger partial charge in [0.15, 0.2) is 5.78 Å². The van der Waals surface area contributed by atoms with Gasteiger partial charge in [0.1, 0.15) is 5.82 Å². The van der Waals surface area contributed by atoms with Gasteiger partial charge < -0.3 is 4.90 Å². The second-order valence-electron chi connectivity index (χ2n) is 7.03. The number of hydrogen-bond acceptors (Lipinski definition) is 5. The molecule has 6 nitrogen and oxygen atoms in total. The topological polar surface area (TPSA) is 63.4 Å². The summed E-state index contributed by atoms with van der Waals surface area (Å²) in [6, 6.07) is 8.47. The van der Waals surface area contributed by atoms with Gasteiger partial charge in [0.2, 0.25) is 0 Å². The summed E-state index contributed by atoms with van der Waals surface area (Å²) in [6.07, 6.45) is -3.47. The molecule has 1 fully saturated rings. The monoisotopic (exact) mass is 423 g/mol. The lowest BCUT2D eigenvalue weighted by molar-refractivity contribution is -0.144. The Kier molecular flexibility index (Phi) is 4.94. The van der Waals surface area contributed by atoms with E-state index in [2.05, 4.69) is 15.1 Å². The third-order valence-electron chi connectivity index (χ3n) is 4.99. The molecule has 152 valence electrons. The molecule has 3 aromatic rings. The SMILES string of the molecule is Cc1cc(N2CCC(C(=O)c3ccc(Cl)cc3)CC2)n2nc(C(F)(F)F)nc2n1. The van der Waals surface area contributed by atoms with Gasteiger partial charge in [0, 0.05) is 41.4 Å². The van der Waals surface area contributed by atoms with Crippen molar-refractivity contribution in [3.63, 3.8) is 0 Å². The number of Topliss-reactive ketones (excluding diaryl/α,β-unsaturated/α-hetero) is 1. The van der Waals surface area contributed by atoms with Gasteiger partial charge in [-0.2, -0.15) is 22.7 Å². The molecular formula is C19H17ClF3N5O. The van der Waals surface area contributed by atoms with E-state index >= 15 is 0 Å². The van der Waals surface area contributed by atoms with Crippen molar-refractivity contribution < 1.29 is 18.0 Å². The fraction of sp³-hybridized carbons (Fsp3) is 0.368. The standard InChI is InChI=1S/C19H17ClF3N5O/c1-11-10-15(28-18(24-11)25-17(26-28)19(21,22)23)27-8-6-13(7-9-27)16(29)12-2-4-14(20)5-3-12/h2-5,10,13H,6-9H2,1H3.